The number of hydrogen-bond donors (Lipinski definition) is 0. The van der Waals surface area contributed by atoms with Gasteiger partial charge in [0.2, 0.25) is 0 Å². The summed E-state index contributed by atoms with van der Waals surface area (Å²) in [5.41, 5.74) is 0.715. The number of ether oxygens (including phenoxy) is 1. The summed E-state index contributed by atoms with van der Waals surface area (Å²) in [5.74, 6) is 0.783. The lowest BCUT2D eigenvalue weighted by Gasteiger charge is -2.59. The summed E-state index contributed by atoms with van der Waals surface area (Å²) in [7, 11) is 0. The fraction of sp³-hybridized carbons (Fsp3) is 0.480. The number of alkyl halides is 1. The first kappa shape index (κ1) is 22.5. The van der Waals surface area contributed by atoms with Gasteiger partial charge in [-0.1, -0.05) is 11.6 Å². The van der Waals surface area contributed by atoms with E-state index in [1.54, 1.807) is 0 Å². The number of fused-ring (bicyclic) bond motifs is 3. The lowest BCUT2D eigenvalue weighted by atomic mass is 9.57. The first-order valence-electron chi connectivity index (χ1n) is 12.1. The highest BCUT2D eigenvalue weighted by Gasteiger charge is 2.55. The zero-order valence-corrected chi connectivity index (χ0v) is 20.2. The van der Waals surface area contributed by atoms with Crippen molar-refractivity contribution in [1.82, 2.24) is 24.6 Å². The number of anilines is 1. The fourth-order valence-electron chi connectivity index (χ4n) is 6.26. The minimum Gasteiger partial charge on any atom is -0.375 e. The van der Waals surface area contributed by atoms with Gasteiger partial charge in [-0.3, -0.25) is 9.47 Å². The van der Waals surface area contributed by atoms with E-state index in [2.05, 4.69) is 19.7 Å². The van der Waals surface area contributed by atoms with Crippen molar-refractivity contribution in [2.75, 3.05) is 37.7 Å². The highest BCUT2D eigenvalue weighted by Crippen LogP contribution is 2.56. The Hall–Kier alpha value is -2.69. The summed E-state index contributed by atoms with van der Waals surface area (Å²) in [5, 5.41) is 9.73. The minimum absolute atomic E-state index is 0.0734. The van der Waals surface area contributed by atoms with E-state index in [1.807, 2.05) is 28.0 Å². The molecule has 7 rings (SSSR count). The Morgan fingerprint density at radius 2 is 1.89 bits per heavy atom. The fourth-order valence-corrected chi connectivity index (χ4v) is 6.46. The normalized spacial score (nSPS) is 22.3. The predicted molar refractivity (Wildman–Crippen MR) is 126 cm³/mol. The van der Waals surface area contributed by atoms with Crippen LogP contribution in [0.1, 0.15) is 36.0 Å². The largest absolute Gasteiger partial charge is 0.375 e. The number of rotatable bonds is 4. The number of nitrogens with zero attached hydrogens (tertiary/aromatic N) is 6. The van der Waals surface area contributed by atoms with Crippen LogP contribution in [0, 0.1) is 17.0 Å². The van der Waals surface area contributed by atoms with Crippen LogP contribution in [-0.4, -0.2) is 63.2 Å². The monoisotopic (exact) mass is 516 g/mol. The molecule has 0 N–H and O–H groups in total. The molecule has 0 amide bonds. The highest BCUT2D eigenvalue weighted by atomic mass is 35.5. The third-order valence-electron chi connectivity index (χ3n) is 7.89. The molecule has 5 heterocycles. The summed E-state index contributed by atoms with van der Waals surface area (Å²) < 4.78 is 49.5. The second-order valence-corrected chi connectivity index (χ2v) is 11.2. The molecule has 1 aliphatic carbocycles. The summed E-state index contributed by atoms with van der Waals surface area (Å²) in [6, 6.07) is 6.65. The van der Waals surface area contributed by atoms with E-state index in [0.29, 0.717) is 31.2 Å². The summed E-state index contributed by atoms with van der Waals surface area (Å²) in [6.45, 7) is 2.89. The van der Waals surface area contributed by atoms with Crippen molar-refractivity contribution in [3.05, 3.63) is 64.3 Å². The van der Waals surface area contributed by atoms with Crippen LogP contribution in [0.4, 0.5) is 19.0 Å². The van der Waals surface area contributed by atoms with Crippen LogP contribution >= 0.6 is 11.6 Å². The van der Waals surface area contributed by atoms with Crippen LogP contribution < -0.4 is 4.90 Å². The van der Waals surface area contributed by atoms with Crippen molar-refractivity contribution >= 4 is 17.4 Å². The molecule has 0 unspecified atom stereocenters. The lowest BCUT2D eigenvalue weighted by Crippen LogP contribution is -2.62. The van der Waals surface area contributed by atoms with Crippen molar-refractivity contribution in [3.8, 4) is 5.69 Å². The zero-order chi connectivity index (χ0) is 24.7. The first-order chi connectivity index (χ1) is 17.3. The number of halogens is 4. The molecular formula is C25H24ClF3N6O. The van der Waals surface area contributed by atoms with Gasteiger partial charge in [0.05, 0.1) is 31.6 Å². The van der Waals surface area contributed by atoms with Gasteiger partial charge in [0.25, 0.3) is 0 Å². The Morgan fingerprint density at radius 1 is 1.08 bits per heavy atom. The van der Waals surface area contributed by atoms with E-state index >= 15 is 0 Å². The molecule has 0 radical (unpaired) electrons. The van der Waals surface area contributed by atoms with Gasteiger partial charge in [0.15, 0.2) is 23.1 Å². The maximum Gasteiger partial charge on any atom is 0.169 e. The van der Waals surface area contributed by atoms with Gasteiger partial charge in [-0.15, -0.1) is 10.2 Å². The van der Waals surface area contributed by atoms with Crippen LogP contribution in [0.15, 0.2) is 30.5 Å². The Balaban J connectivity index is 1.12. The van der Waals surface area contributed by atoms with Crippen LogP contribution in [0.25, 0.3) is 5.69 Å². The van der Waals surface area contributed by atoms with Crippen LogP contribution in [-0.2, 0) is 17.8 Å². The summed E-state index contributed by atoms with van der Waals surface area (Å²) in [4.78, 5) is 7.84. The summed E-state index contributed by atoms with van der Waals surface area (Å²) >= 11 is 6.33. The number of benzene rings is 1. The highest BCUT2D eigenvalue weighted by molar-refractivity contribution is 6.30. The molecule has 4 aliphatic rings. The minimum atomic E-state index is -1.34. The van der Waals surface area contributed by atoms with E-state index < -0.39 is 17.3 Å². The molecule has 7 nitrogen and oxygen atoms in total. The molecule has 0 atom stereocenters. The SMILES string of the molecule is Fc1cnc(N2CC3(CC(c4nnc5n4-c4ccc(Cl)cc4CN(CC4(F)COC4)C5)C3)C2)c(F)c1. The van der Waals surface area contributed by atoms with E-state index in [-0.39, 0.29) is 36.9 Å². The third kappa shape index (κ3) is 3.61. The van der Waals surface area contributed by atoms with E-state index in [0.717, 1.165) is 48.0 Å². The standard InChI is InChI=1S/C25H24ClF3N6O/c26-17-1-2-20-15(3-17)8-33(12-25(29)13-36-14-25)9-21-31-32-22(35(20)21)16-5-24(6-16)10-34(11-24)23-19(28)4-18(27)7-30-23/h1-4,7,16H,5-6,8-14H2. The molecule has 2 aromatic heterocycles. The van der Waals surface area contributed by atoms with Gasteiger partial charge < -0.3 is 9.64 Å². The molecule has 2 saturated heterocycles. The quantitative estimate of drug-likeness (QED) is 0.522. The van der Waals surface area contributed by atoms with Crippen LogP contribution in [0.2, 0.25) is 5.02 Å². The number of hydrogen-bond acceptors (Lipinski definition) is 6. The first-order valence-corrected chi connectivity index (χ1v) is 12.5. The second kappa shape index (κ2) is 7.90. The maximum absolute atomic E-state index is 14.9. The Labute approximate surface area is 210 Å². The van der Waals surface area contributed by atoms with Gasteiger partial charge in [0, 0.05) is 48.6 Å². The van der Waals surface area contributed by atoms with Crippen molar-refractivity contribution in [1.29, 1.82) is 0 Å². The molecule has 3 aromatic rings. The summed E-state index contributed by atoms with van der Waals surface area (Å²) in [6.07, 6.45) is 2.86. The Bertz CT molecular complexity index is 1350. The van der Waals surface area contributed by atoms with Gasteiger partial charge in [-0.25, -0.2) is 18.2 Å². The van der Waals surface area contributed by atoms with Gasteiger partial charge in [-0.05, 0) is 36.6 Å². The number of pyridine rings is 1. The average molecular weight is 517 g/mol. The third-order valence-corrected chi connectivity index (χ3v) is 8.12. The molecule has 1 spiro atoms. The van der Waals surface area contributed by atoms with E-state index in [1.165, 1.54) is 0 Å². The average Bonchev–Trinajstić information content (AvgIpc) is 3.08. The molecule has 1 saturated carbocycles. The zero-order valence-electron chi connectivity index (χ0n) is 19.4. The van der Waals surface area contributed by atoms with Crippen LogP contribution in [0.5, 0.6) is 0 Å². The van der Waals surface area contributed by atoms with Crippen molar-refractivity contribution in [3.63, 3.8) is 0 Å². The second-order valence-electron chi connectivity index (χ2n) is 10.8. The molecule has 11 heteroatoms. The smallest absolute Gasteiger partial charge is 0.169 e. The van der Waals surface area contributed by atoms with Crippen molar-refractivity contribution in [2.24, 2.45) is 5.41 Å². The molecule has 36 heavy (non-hydrogen) atoms. The predicted octanol–water partition coefficient (Wildman–Crippen LogP) is 4.03. The molecule has 3 aliphatic heterocycles. The molecule has 1 aromatic carbocycles. The van der Waals surface area contributed by atoms with Crippen molar-refractivity contribution < 1.29 is 17.9 Å². The molecule has 188 valence electrons. The van der Waals surface area contributed by atoms with E-state index in [9.17, 15) is 13.2 Å². The Morgan fingerprint density at radius 3 is 2.61 bits per heavy atom. The maximum atomic E-state index is 14.9. The molecule has 0 bridgehead atoms. The van der Waals surface area contributed by atoms with Gasteiger partial charge in [-0.2, -0.15) is 0 Å². The van der Waals surface area contributed by atoms with Gasteiger partial charge in [0.1, 0.15) is 11.6 Å². The molecular weight excluding hydrogens is 493 g/mol. The molecule has 3 fully saturated rings. The topological polar surface area (TPSA) is 59.3 Å². The van der Waals surface area contributed by atoms with E-state index in [4.69, 9.17) is 16.3 Å². The Kier molecular flexibility index (Phi) is 4.94. The van der Waals surface area contributed by atoms with Crippen LogP contribution in [0.3, 0.4) is 0 Å². The van der Waals surface area contributed by atoms with Gasteiger partial charge >= 0.3 is 0 Å². The number of aromatic nitrogens is 4. The lowest BCUT2D eigenvalue weighted by molar-refractivity contribution is -0.142. The van der Waals surface area contributed by atoms with Crippen molar-refractivity contribution in [2.45, 2.75) is 37.5 Å².